The molecule has 1 saturated heterocycles. The first-order valence-electron chi connectivity index (χ1n) is 9.98. The number of Topliss-reactive ketones (excluding diaryl/α,β-unsaturated/α-hetero) is 1. The minimum Gasteiger partial charge on any atom is -0.452 e. The number of carbonyl (C=O) groups is 2. The van der Waals surface area contributed by atoms with Gasteiger partial charge in [0.25, 0.3) is 0 Å². The lowest BCUT2D eigenvalue weighted by molar-refractivity contribution is -0.119. The second-order valence-corrected chi connectivity index (χ2v) is 7.44. The molecule has 1 fully saturated rings. The number of hydrogen-bond donors (Lipinski definition) is 2. The van der Waals surface area contributed by atoms with Crippen LogP contribution in [-0.2, 0) is 11.2 Å². The zero-order chi connectivity index (χ0) is 20.5. The molecule has 0 bridgehead atoms. The van der Waals surface area contributed by atoms with E-state index in [9.17, 15) is 14.4 Å². The van der Waals surface area contributed by atoms with E-state index in [1.807, 2.05) is 12.1 Å². The molecule has 1 aromatic rings. The molecule has 0 spiro atoms. The third-order valence-electron chi connectivity index (χ3n) is 5.42. The maximum Gasteiger partial charge on any atom is 0.220 e. The van der Waals surface area contributed by atoms with Crippen molar-refractivity contribution in [3.8, 4) is 11.5 Å². The summed E-state index contributed by atoms with van der Waals surface area (Å²) in [4.78, 5) is 42.5. The van der Waals surface area contributed by atoms with Gasteiger partial charge in [0.05, 0.1) is 11.7 Å². The maximum atomic E-state index is 13.1. The number of anilines is 1. The van der Waals surface area contributed by atoms with Crippen molar-refractivity contribution in [2.75, 3.05) is 5.73 Å². The van der Waals surface area contributed by atoms with E-state index in [1.165, 1.54) is 0 Å². The van der Waals surface area contributed by atoms with Crippen molar-refractivity contribution < 1.29 is 14.0 Å². The highest BCUT2D eigenvalue weighted by molar-refractivity contribution is 6.08. The summed E-state index contributed by atoms with van der Waals surface area (Å²) < 4.78 is 6.02. The van der Waals surface area contributed by atoms with Crippen molar-refractivity contribution in [1.29, 1.82) is 0 Å². The standard InChI is InChI=1S/C22H23N3O4/c1-2-3-4-7-12-18(23)21(28)17(20(27)14-10-11-16(26)24-14)22-19(12)25-13-8-5-6-9-15(13)29-22/h5-6,8-9,14H,2-4,7,10-11,23H2,1H3,(H,24,26)/t14-/m0/s1. The molecule has 1 aromatic carbocycles. The minimum atomic E-state index is -0.745. The fourth-order valence-corrected chi connectivity index (χ4v) is 3.86. The molecule has 1 atom stereocenters. The summed E-state index contributed by atoms with van der Waals surface area (Å²) in [7, 11) is 0. The largest absolute Gasteiger partial charge is 0.452 e. The van der Waals surface area contributed by atoms with Crippen molar-refractivity contribution in [2.24, 2.45) is 0 Å². The maximum absolute atomic E-state index is 13.1. The highest BCUT2D eigenvalue weighted by Gasteiger charge is 2.35. The van der Waals surface area contributed by atoms with Gasteiger partial charge in [-0.25, -0.2) is 4.98 Å². The first-order chi connectivity index (χ1) is 14.0. The zero-order valence-electron chi connectivity index (χ0n) is 16.3. The third kappa shape index (κ3) is 3.37. The second kappa shape index (κ2) is 7.66. The Morgan fingerprint density at radius 2 is 2.07 bits per heavy atom. The van der Waals surface area contributed by atoms with Crippen molar-refractivity contribution in [3.05, 3.63) is 45.6 Å². The van der Waals surface area contributed by atoms with Crippen LogP contribution in [0, 0.1) is 0 Å². The zero-order valence-corrected chi connectivity index (χ0v) is 16.3. The van der Waals surface area contributed by atoms with E-state index in [-0.39, 0.29) is 29.3 Å². The fourth-order valence-electron chi connectivity index (χ4n) is 3.86. The van der Waals surface area contributed by atoms with Gasteiger partial charge in [-0.3, -0.25) is 14.4 Å². The van der Waals surface area contributed by atoms with Gasteiger partial charge >= 0.3 is 0 Å². The molecule has 3 aliphatic rings. The Kier molecular flexibility index (Phi) is 5.05. The first-order valence-corrected chi connectivity index (χ1v) is 9.98. The molecular formula is C22H23N3O4. The predicted octanol–water partition coefficient (Wildman–Crippen LogP) is 3.07. The summed E-state index contributed by atoms with van der Waals surface area (Å²) in [6.07, 6.45) is 4.06. The van der Waals surface area contributed by atoms with Gasteiger partial charge in [-0.1, -0.05) is 31.9 Å². The van der Waals surface area contributed by atoms with Gasteiger partial charge < -0.3 is 15.5 Å². The van der Waals surface area contributed by atoms with Crippen LogP contribution in [0.1, 0.15) is 54.9 Å². The van der Waals surface area contributed by atoms with Crippen LogP contribution >= 0.6 is 0 Å². The Labute approximate surface area is 167 Å². The lowest BCUT2D eigenvalue weighted by Gasteiger charge is -2.18. The number of para-hydroxylation sites is 2. The molecule has 2 heterocycles. The van der Waals surface area contributed by atoms with E-state index in [0.717, 1.165) is 19.3 Å². The van der Waals surface area contributed by atoms with Crippen LogP contribution in [0.15, 0.2) is 33.5 Å². The van der Waals surface area contributed by atoms with E-state index in [4.69, 9.17) is 15.1 Å². The number of nitrogen functional groups attached to an aromatic ring is 1. The number of aromatic nitrogens is 1. The van der Waals surface area contributed by atoms with Crippen LogP contribution in [0.4, 0.5) is 5.69 Å². The molecule has 150 valence electrons. The number of hydrogen-bond acceptors (Lipinski definition) is 6. The smallest absolute Gasteiger partial charge is 0.220 e. The van der Waals surface area contributed by atoms with Gasteiger partial charge in [0.1, 0.15) is 16.8 Å². The molecule has 0 unspecified atom stereocenters. The van der Waals surface area contributed by atoms with E-state index in [2.05, 4.69) is 12.2 Å². The van der Waals surface area contributed by atoms with Gasteiger partial charge in [-0.2, -0.15) is 0 Å². The van der Waals surface area contributed by atoms with E-state index in [0.29, 0.717) is 35.2 Å². The number of unbranched alkanes of at least 4 members (excludes halogenated alkanes) is 2. The number of ketones is 1. The van der Waals surface area contributed by atoms with Crippen LogP contribution in [0.2, 0.25) is 0 Å². The molecule has 7 nitrogen and oxygen atoms in total. The summed E-state index contributed by atoms with van der Waals surface area (Å²) in [5.74, 6) is -0.524. The molecule has 3 N–H and O–H groups in total. The van der Waals surface area contributed by atoms with Gasteiger partial charge in [0, 0.05) is 12.0 Å². The summed E-state index contributed by atoms with van der Waals surface area (Å²) >= 11 is 0. The van der Waals surface area contributed by atoms with Crippen LogP contribution in [0.5, 0.6) is 0 Å². The number of nitrogens with zero attached hydrogens (tertiary/aromatic N) is 1. The molecule has 29 heavy (non-hydrogen) atoms. The number of benzene rings is 2. The average molecular weight is 393 g/mol. The summed E-state index contributed by atoms with van der Waals surface area (Å²) in [5, 5.41) is 2.63. The quantitative estimate of drug-likeness (QED) is 0.288. The molecule has 0 radical (unpaired) electrons. The molecule has 7 heteroatoms. The Morgan fingerprint density at radius 1 is 1.28 bits per heavy atom. The predicted molar refractivity (Wildman–Crippen MR) is 110 cm³/mol. The molecule has 1 aliphatic carbocycles. The van der Waals surface area contributed by atoms with E-state index in [1.54, 1.807) is 12.1 Å². The van der Waals surface area contributed by atoms with Crippen LogP contribution < -0.4 is 16.5 Å². The third-order valence-corrected chi connectivity index (χ3v) is 5.42. The summed E-state index contributed by atoms with van der Waals surface area (Å²) in [6, 6.07) is 6.46. The fraction of sp³-hybridized carbons (Fsp3) is 0.364. The van der Waals surface area contributed by atoms with Crippen molar-refractivity contribution in [2.45, 2.75) is 51.5 Å². The van der Waals surface area contributed by atoms with Gasteiger partial charge in [0.2, 0.25) is 11.3 Å². The molecular weight excluding hydrogens is 370 g/mol. The number of nitrogens with two attached hydrogens (primary N) is 1. The molecule has 0 aromatic heterocycles. The van der Waals surface area contributed by atoms with Crippen LogP contribution in [-0.4, -0.2) is 22.7 Å². The topological polar surface area (TPSA) is 115 Å². The number of carbonyl (C=O) groups excluding carboxylic acids is 2. The molecule has 0 saturated carbocycles. The SMILES string of the molecule is CCCCCc1c2nc3ccccc3oc-2c(C(=O)[C@@H]2CCC(=O)N2)c(=O)c1N. The van der Waals surface area contributed by atoms with Crippen molar-refractivity contribution in [3.63, 3.8) is 0 Å². The number of rotatable bonds is 6. The van der Waals surface area contributed by atoms with Crippen molar-refractivity contribution in [1.82, 2.24) is 10.3 Å². The van der Waals surface area contributed by atoms with Gasteiger partial charge in [-0.05, 0) is 31.4 Å². The molecule has 4 rings (SSSR count). The van der Waals surface area contributed by atoms with Crippen molar-refractivity contribution >= 4 is 28.5 Å². The Morgan fingerprint density at radius 3 is 2.79 bits per heavy atom. The number of nitrogens with one attached hydrogen (secondary N) is 1. The average Bonchev–Trinajstić information content (AvgIpc) is 3.16. The monoisotopic (exact) mass is 393 g/mol. The molecule has 2 aliphatic heterocycles. The minimum absolute atomic E-state index is 0.0410. The van der Waals surface area contributed by atoms with Gasteiger partial charge in [0.15, 0.2) is 17.1 Å². The summed E-state index contributed by atoms with van der Waals surface area (Å²) in [6.45, 7) is 2.10. The Balaban J connectivity index is 1.95. The Bertz CT molecular complexity index is 1130. The number of amides is 1. The lowest BCUT2D eigenvalue weighted by Crippen LogP contribution is -2.37. The van der Waals surface area contributed by atoms with Gasteiger partial charge in [-0.15, -0.1) is 0 Å². The highest BCUT2D eigenvalue weighted by Crippen LogP contribution is 2.34. The second-order valence-electron chi connectivity index (χ2n) is 7.44. The van der Waals surface area contributed by atoms with E-state index < -0.39 is 17.3 Å². The highest BCUT2D eigenvalue weighted by atomic mass is 16.3. The molecule has 1 amide bonds. The van der Waals surface area contributed by atoms with E-state index >= 15 is 0 Å². The van der Waals surface area contributed by atoms with Crippen LogP contribution in [0.3, 0.4) is 0 Å². The lowest BCUT2D eigenvalue weighted by atomic mass is 9.92. The summed E-state index contributed by atoms with van der Waals surface area (Å²) in [5.41, 5.74) is 7.76. The number of fused-ring (bicyclic) bond motifs is 2. The van der Waals surface area contributed by atoms with Crippen LogP contribution in [0.25, 0.3) is 22.6 Å². The first kappa shape index (κ1) is 19.1. The Hall–Kier alpha value is -3.22. The normalized spacial score (nSPS) is 16.4.